The van der Waals surface area contributed by atoms with Gasteiger partial charge in [-0.05, 0) is 37.6 Å². The number of halogens is 1. The van der Waals surface area contributed by atoms with Gasteiger partial charge in [0.05, 0.1) is 19.3 Å². The molecule has 0 aliphatic heterocycles. The van der Waals surface area contributed by atoms with Crippen molar-refractivity contribution in [3.8, 4) is 5.69 Å². The van der Waals surface area contributed by atoms with Crippen molar-refractivity contribution in [2.75, 3.05) is 12.4 Å². The van der Waals surface area contributed by atoms with Gasteiger partial charge in [0.15, 0.2) is 5.16 Å². The number of aryl methyl sites for hydroxylation is 2. The van der Waals surface area contributed by atoms with Crippen LogP contribution in [-0.2, 0) is 11.3 Å². The van der Waals surface area contributed by atoms with Gasteiger partial charge < -0.3 is 9.84 Å². The number of hydrogen-bond acceptors (Lipinski definition) is 5. The van der Waals surface area contributed by atoms with Crippen LogP contribution in [0.5, 0.6) is 0 Å². The monoisotopic (exact) mass is 387 g/mol. The lowest BCUT2D eigenvalue weighted by Crippen LogP contribution is -2.18. The number of aliphatic hydroxyl groups is 1. The number of hydrogen-bond donors (Lipinski definition) is 1. The lowest BCUT2D eigenvalue weighted by Gasteiger charge is -2.12. The normalized spacial score (nSPS) is 12.3. The summed E-state index contributed by atoms with van der Waals surface area (Å²) in [5.41, 5.74) is 2.62. The second-order valence-corrected chi connectivity index (χ2v) is 7.26. The minimum atomic E-state index is -0.690. The van der Waals surface area contributed by atoms with Crippen molar-refractivity contribution in [3.05, 3.63) is 71.3 Å². The molecule has 1 heterocycles. The van der Waals surface area contributed by atoms with Gasteiger partial charge in [-0.1, -0.05) is 42.1 Å². The molecule has 142 valence electrons. The Morgan fingerprint density at radius 2 is 1.96 bits per heavy atom. The van der Waals surface area contributed by atoms with E-state index in [1.165, 1.54) is 17.8 Å². The molecule has 3 rings (SSSR count). The quantitative estimate of drug-likeness (QED) is 0.598. The van der Waals surface area contributed by atoms with E-state index < -0.39 is 6.10 Å². The molecule has 0 saturated heterocycles. The Labute approximate surface area is 162 Å². The summed E-state index contributed by atoms with van der Waals surface area (Å²) in [5.74, 6) is 0.887. The van der Waals surface area contributed by atoms with Crippen LogP contribution in [0.1, 0.15) is 17.0 Å². The van der Waals surface area contributed by atoms with Crippen LogP contribution < -0.4 is 0 Å². The molecule has 0 radical (unpaired) electrons. The summed E-state index contributed by atoms with van der Waals surface area (Å²) in [7, 11) is 0. The minimum absolute atomic E-state index is 0.124. The van der Waals surface area contributed by atoms with Gasteiger partial charge in [-0.2, -0.15) is 0 Å². The number of aromatic nitrogens is 3. The zero-order chi connectivity index (χ0) is 19.2. The molecule has 1 N–H and O–H groups in total. The summed E-state index contributed by atoms with van der Waals surface area (Å²) in [5, 5.41) is 19.2. The SMILES string of the molecule is Cc1cccc(-n2c(C)nnc2SCC(O)COCc2ccccc2F)c1. The Morgan fingerprint density at radius 3 is 2.74 bits per heavy atom. The maximum absolute atomic E-state index is 13.6. The Kier molecular flexibility index (Phi) is 6.60. The molecule has 1 atom stereocenters. The van der Waals surface area contributed by atoms with E-state index in [2.05, 4.69) is 16.3 Å². The Morgan fingerprint density at radius 1 is 1.15 bits per heavy atom. The van der Waals surface area contributed by atoms with Crippen molar-refractivity contribution in [2.24, 2.45) is 0 Å². The Hall–Kier alpha value is -2.22. The van der Waals surface area contributed by atoms with Crippen LogP contribution >= 0.6 is 11.8 Å². The van der Waals surface area contributed by atoms with Gasteiger partial charge in [-0.3, -0.25) is 4.57 Å². The number of nitrogens with zero attached hydrogens (tertiary/aromatic N) is 3. The van der Waals surface area contributed by atoms with Crippen LogP contribution in [0.2, 0.25) is 0 Å². The number of rotatable bonds is 8. The van der Waals surface area contributed by atoms with Crippen molar-refractivity contribution in [2.45, 2.75) is 31.7 Å². The van der Waals surface area contributed by atoms with E-state index in [1.54, 1.807) is 18.2 Å². The molecule has 0 bridgehead atoms. The average Bonchev–Trinajstić information content (AvgIpc) is 3.02. The molecule has 27 heavy (non-hydrogen) atoms. The molecule has 0 fully saturated rings. The minimum Gasteiger partial charge on any atom is -0.390 e. The van der Waals surface area contributed by atoms with Crippen LogP contribution in [0.4, 0.5) is 4.39 Å². The van der Waals surface area contributed by atoms with Gasteiger partial charge >= 0.3 is 0 Å². The highest BCUT2D eigenvalue weighted by Gasteiger charge is 2.14. The maximum Gasteiger partial charge on any atom is 0.195 e. The highest BCUT2D eigenvalue weighted by atomic mass is 32.2. The van der Waals surface area contributed by atoms with Crippen LogP contribution in [0.15, 0.2) is 53.7 Å². The van der Waals surface area contributed by atoms with E-state index in [1.807, 2.05) is 36.6 Å². The van der Waals surface area contributed by atoms with Gasteiger partial charge in [-0.25, -0.2) is 4.39 Å². The first-order chi connectivity index (χ1) is 13.0. The van der Waals surface area contributed by atoms with E-state index in [9.17, 15) is 9.50 Å². The predicted molar refractivity (Wildman–Crippen MR) is 104 cm³/mol. The third-order valence-electron chi connectivity index (χ3n) is 3.99. The van der Waals surface area contributed by atoms with Crippen molar-refractivity contribution < 1.29 is 14.2 Å². The van der Waals surface area contributed by atoms with Crippen molar-refractivity contribution >= 4 is 11.8 Å². The molecule has 5 nitrogen and oxygen atoms in total. The van der Waals surface area contributed by atoms with Crippen LogP contribution in [-0.4, -0.2) is 38.3 Å². The first-order valence-electron chi connectivity index (χ1n) is 8.65. The van der Waals surface area contributed by atoms with E-state index >= 15 is 0 Å². The second-order valence-electron chi connectivity index (χ2n) is 6.28. The molecule has 1 unspecified atom stereocenters. The molecule has 0 amide bonds. The highest BCUT2D eigenvalue weighted by Crippen LogP contribution is 2.23. The fourth-order valence-electron chi connectivity index (χ4n) is 2.64. The first kappa shape index (κ1) is 19.5. The summed E-state index contributed by atoms with van der Waals surface area (Å²) >= 11 is 1.41. The lowest BCUT2D eigenvalue weighted by atomic mass is 10.2. The number of benzene rings is 2. The van der Waals surface area contributed by atoms with Gasteiger partial charge in [0.25, 0.3) is 0 Å². The van der Waals surface area contributed by atoms with Gasteiger partial charge in [0, 0.05) is 17.0 Å². The predicted octanol–water partition coefficient (Wildman–Crippen LogP) is 3.69. The van der Waals surface area contributed by atoms with E-state index in [0.717, 1.165) is 17.1 Å². The van der Waals surface area contributed by atoms with Crippen LogP contribution in [0.3, 0.4) is 0 Å². The highest BCUT2D eigenvalue weighted by molar-refractivity contribution is 7.99. The molecule has 1 aromatic heterocycles. The van der Waals surface area contributed by atoms with Crippen LogP contribution in [0.25, 0.3) is 5.69 Å². The summed E-state index contributed by atoms with van der Waals surface area (Å²) in [6, 6.07) is 14.5. The van der Waals surface area contributed by atoms with Gasteiger partial charge in [0.1, 0.15) is 11.6 Å². The summed E-state index contributed by atoms with van der Waals surface area (Å²) in [6.45, 7) is 4.19. The largest absolute Gasteiger partial charge is 0.390 e. The third-order valence-corrected chi connectivity index (χ3v) is 5.06. The molecular weight excluding hydrogens is 365 g/mol. The Balaban J connectivity index is 1.55. The fourth-order valence-corrected chi connectivity index (χ4v) is 3.54. The molecule has 3 aromatic rings. The summed E-state index contributed by atoms with van der Waals surface area (Å²) < 4.78 is 21.0. The van der Waals surface area contributed by atoms with Gasteiger partial charge in [-0.15, -0.1) is 10.2 Å². The van der Waals surface area contributed by atoms with Gasteiger partial charge in [0.2, 0.25) is 0 Å². The van der Waals surface area contributed by atoms with Crippen molar-refractivity contribution in [3.63, 3.8) is 0 Å². The summed E-state index contributed by atoms with van der Waals surface area (Å²) in [6.07, 6.45) is -0.690. The number of thioether (sulfide) groups is 1. The maximum atomic E-state index is 13.6. The van der Waals surface area contributed by atoms with E-state index in [0.29, 0.717) is 16.5 Å². The second kappa shape index (κ2) is 9.12. The zero-order valence-electron chi connectivity index (χ0n) is 15.3. The average molecular weight is 387 g/mol. The lowest BCUT2D eigenvalue weighted by molar-refractivity contribution is 0.0386. The number of ether oxygens (including phenoxy) is 1. The molecular formula is C20H22FN3O2S. The van der Waals surface area contributed by atoms with E-state index in [-0.39, 0.29) is 19.0 Å². The molecule has 2 aromatic carbocycles. The van der Waals surface area contributed by atoms with Crippen molar-refractivity contribution in [1.82, 2.24) is 14.8 Å². The Bertz CT molecular complexity index is 900. The first-order valence-corrected chi connectivity index (χ1v) is 9.64. The molecule has 7 heteroatoms. The topological polar surface area (TPSA) is 60.2 Å². The third kappa shape index (κ3) is 5.15. The molecule has 0 aliphatic rings. The zero-order valence-corrected chi connectivity index (χ0v) is 16.1. The molecule has 0 spiro atoms. The fraction of sp³-hybridized carbons (Fsp3) is 0.300. The number of aliphatic hydroxyl groups excluding tert-OH is 1. The van der Waals surface area contributed by atoms with Crippen LogP contribution in [0, 0.1) is 19.7 Å². The molecule has 0 aliphatic carbocycles. The van der Waals surface area contributed by atoms with Crippen molar-refractivity contribution in [1.29, 1.82) is 0 Å². The standard InChI is InChI=1S/C20H22FN3O2S/c1-14-6-5-8-17(10-14)24-15(2)22-23-20(24)27-13-18(25)12-26-11-16-7-3-4-9-19(16)21/h3-10,18,25H,11-13H2,1-2H3. The van der Waals surface area contributed by atoms with E-state index in [4.69, 9.17) is 4.74 Å². The molecule has 0 saturated carbocycles. The summed E-state index contributed by atoms with van der Waals surface area (Å²) in [4.78, 5) is 0. The smallest absolute Gasteiger partial charge is 0.195 e.